The molecule has 7 heteroatoms. The second-order valence-corrected chi connectivity index (χ2v) is 9.08. The maximum Gasteiger partial charge on any atom is 0.311 e. The Bertz CT molecular complexity index is 737. The first-order chi connectivity index (χ1) is 13.0. The molecule has 1 amide bonds. The van der Waals surface area contributed by atoms with Gasteiger partial charge in [-0.2, -0.15) is 0 Å². The molecule has 0 radical (unpaired) electrons. The van der Waals surface area contributed by atoms with E-state index in [9.17, 15) is 14.9 Å². The van der Waals surface area contributed by atoms with Crippen molar-refractivity contribution in [2.75, 3.05) is 31.1 Å². The van der Waals surface area contributed by atoms with Gasteiger partial charge in [-0.3, -0.25) is 14.9 Å². The van der Waals surface area contributed by atoms with Crippen molar-refractivity contribution in [1.29, 1.82) is 0 Å². The zero-order chi connectivity index (χ0) is 18.6. The Kier molecular flexibility index (Phi) is 3.88. The Morgan fingerprint density at radius 3 is 2.22 bits per heavy atom. The fraction of sp³-hybridized carbons (Fsp3) is 0.700. The van der Waals surface area contributed by atoms with Crippen LogP contribution < -0.4 is 4.90 Å². The zero-order valence-corrected chi connectivity index (χ0v) is 15.5. The monoisotopic (exact) mass is 370 g/mol. The first kappa shape index (κ1) is 17.0. The molecule has 6 rings (SSSR count). The highest BCUT2D eigenvalue weighted by atomic mass is 16.6. The molecule has 1 aromatic rings. The molecule has 7 nitrogen and oxygen atoms in total. The van der Waals surface area contributed by atoms with Gasteiger partial charge in [-0.05, 0) is 62.3 Å². The van der Waals surface area contributed by atoms with Crippen LogP contribution in [0.25, 0.3) is 0 Å². The molecule has 0 atom stereocenters. The fourth-order valence-corrected chi connectivity index (χ4v) is 6.60. The summed E-state index contributed by atoms with van der Waals surface area (Å²) in [6.45, 7) is 2.48. The van der Waals surface area contributed by atoms with Crippen LogP contribution in [0.2, 0.25) is 0 Å². The Labute approximate surface area is 158 Å². The molecule has 1 aliphatic heterocycles. The molecule has 4 aliphatic carbocycles. The van der Waals surface area contributed by atoms with Crippen molar-refractivity contribution in [2.45, 2.75) is 38.5 Å². The summed E-state index contributed by atoms with van der Waals surface area (Å²) in [7, 11) is 0. The van der Waals surface area contributed by atoms with Gasteiger partial charge in [0, 0.05) is 38.4 Å². The summed E-state index contributed by atoms with van der Waals surface area (Å²) in [6, 6.07) is 3.09. The van der Waals surface area contributed by atoms with E-state index in [1.165, 1.54) is 25.3 Å². The summed E-state index contributed by atoms with van der Waals surface area (Å²) in [4.78, 5) is 32.5. The van der Waals surface area contributed by atoms with Crippen molar-refractivity contribution in [3.05, 3.63) is 28.4 Å². The lowest BCUT2D eigenvalue weighted by molar-refractivity contribution is -0.384. The lowest BCUT2D eigenvalue weighted by Gasteiger charge is -2.57. The molecule has 0 N–H and O–H groups in total. The number of piperazine rings is 1. The van der Waals surface area contributed by atoms with Crippen molar-refractivity contribution in [2.24, 2.45) is 23.2 Å². The van der Waals surface area contributed by atoms with Crippen LogP contribution in [0.15, 0.2) is 18.3 Å². The molecule has 5 fully saturated rings. The standard InChI is InChI=1S/C20H26N4O3/c25-19(20-11-14-8-15(12-20)10-16(9-14)13-20)23-6-4-22(5-7-23)18-17(24(26)27)2-1-3-21-18/h1-3,14-16H,4-13H2. The van der Waals surface area contributed by atoms with Crippen LogP contribution in [0.1, 0.15) is 38.5 Å². The van der Waals surface area contributed by atoms with Gasteiger partial charge in [-0.25, -0.2) is 4.98 Å². The zero-order valence-electron chi connectivity index (χ0n) is 15.5. The van der Waals surface area contributed by atoms with Gasteiger partial charge in [0.15, 0.2) is 0 Å². The van der Waals surface area contributed by atoms with E-state index in [1.807, 2.05) is 9.80 Å². The average Bonchev–Trinajstić information content (AvgIpc) is 2.66. The highest BCUT2D eigenvalue weighted by Crippen LogP contribution is 2.60. The number of anilines is 1. The van der Waals surface area contributed by atoms with Gasteiger partial charge in [-0.15, -0.1) is 0 Å². The van der Waals surface area contributed by atoms with Crippen LogP contribution in [0.4, 0.5) is 11.5 Å². The number of pyridine rings is 1. The van der Waals surface area contributed by atoms with Crippen LogP contribution in [0, 0.1) is 33.3 Å². The third kappa shape index (κ3) is 2.78. The minimum Gasteiger partial charge on any atom is -0.347 e. The molecule has 1 saturated heterocycles. The number of carbonyl (C=O) groups is 1. The third-order valence-electron chi connectivity index (χ3n) is 7.32. The predicted molar refractivity (Wildman–Crippen MR) is 100 cm³/mol. The summed E-state index contributed by atoms with van der Waals surface area (Å²) in [5.41, 5.74) is -0.0631. The number of amides is 1. The smallest absolute Gasteiger partial charge is 0.311 e. The number of aromatic nitrogens is 1. The van der Waals surface area contributed by atoms with Crippen molar-refractivity contribution < 1.29 is 9.72 Å². The van der Waals surface area contributed by atoms with E-state index >= 15 is 0 Å². The van der Waals surface area contributed by atoms with E-state index in [0.717, 1.165) is 37.0 Å². The molecule has 27 heavy (non-hydrogen) atoms. The molecule has 0 spiro atoms. The van der Waals surface area contributed by atoms with Gasteiger partial charge >= 0.3 is 5.69 Å². The number of carbonyl (C=O) groups excluding carboxylic acids is 1. The number of hydrogen-bond acceptors (Lipinski definition) is 5. The quantitative estimate of drug-likeness (QED) is 0.604. The van der Waals surface area contributed by atoms with Gasteiger partial charge in [0.2, 0.25) is 11.7 Å². The number of nitro groups is 1. The van der Waals surface area contributed by atoms with E-state index < -0.39 is 0 Å². The average molecular weight is 370 g/mol. The molecule has 144 valence electrons. The Hall–Kier alpha value is -2.18. The van der Waals surface area contributed by atoms with Crippen molar-refractivity contribution >= 4 is 17.4 Å². The normalized spacial score (nSPS) is 34.7. The summed E-state index contributed by atoms with van der Waals surface area (Å²) < 4.78 is 0. The minimum absolute atomic E-state index is 0.0401. The maximum absolute atomic E-state index is 13.5. The second kappa shape index (κ2) is 6.17. The fourth-order valence-electron chi connectivity index (χ4n) is 6.60. The highest BCUT2D eigenvalue weighted by molar-refractivity contribution is 5.83. The topological polar surface area (TPSA) is 79.6 Å². The van der Waals surface area contributed by atoms with Crippen LogP contribution in [0.3, 0.4) is 0 Å². The van der Waals surface area contributed by atoms with E-state index in [0.29, 0.717) is 37.9 Å². The summed E-state index contributed by atoms with van der Waals surface area (Å²) in [5.74, 6) is 3.06. The molecule has 1 aromatic heterocycles. The van der Waals surface area contributed by atoms with Gasteiger partial charge < -0.3 is 9.80 Å². The van der Waals surface area contributed by atoms with Gasteiger partial charge in [0.05, 0.1) is 10.3 Å². The molecule has 5 aliphatic rings. The molecule has 0 aromatic carbocycles. The SMILES string of the molecule is O=C(N1CCN(c2ncccc2[N+](=O)[O-])CC1)C12CC3CC(CC(C3)C1)C2. The van der Waals surface area contributed by atoms with Crippen molar-refractivity contribution in [3.8, 4) is 0 Å². The van der Waals surface area contributed by atoms with E-state index in [1.54, 1.807) is 12.3 Å². The van der Waals surface area contributed by atoms with E-state index in [2.05, 4.69) is 4.98 Å². The summed E-state index contributed by atoms with van der Waals surface area (Å²) >= 11 is 0. The molecular formula is C20H26N4O3. The summed E-state index contributed by atoms with van der Waals surface area (Å²) in [5, 5.41) is 11.3. The van der Waals surface area contributed by atoms with Gasteiger partial charge in [0.25, 0.3) is 0 Å². The van der Waals surface area contributed by atoms with Gasteiger partial charge in [0.1, 0.15) is 0 Å². The van der Waals surface area contributed by atoms with Crippen LogP contribution in [-0.2, 0) is 4.79 Å². The summed E-state index contributed by atoms with van der Waals surface area (Å²) in [6.07, 6.45) is 8.86. The third-order valence-corrected chi connectivity index (χ3v) is 7.32. The van der Waals surface area contributed by atoms with E-state index in [4.69, 9.17) is 0 Å². The molecular weight excluding hydrogens is 344 g/mol. The number of hydrogen-bond donors (Lipinski definition) is 0. The number of nitrogens with zero attached hydrogens (tertiary/aromatic N) is 4. The maximum atomic E-state index is 13.5. The van der Waals surface area contributed by atoms with Crippen molar-refractivity contribution in [3.63, 3.8) is 0 Å². The highest BCUT2D eigenvalue weighted by Gasteiger charge is 2.55. The molecule has 2 heterocycles. The first-order valence-electron chi connectivity index (χ1n) is 10.2. The predicted octanol–water partition coefficient (Wildman–Crippen LogP) is 2.85. The Morgan fingerprint density at radius 1 is 1.07 bits per heavy atom. The number of rotatable bonds is 3. The molecule has 0 unspecified atom stereocenters. The lowest BCUT2D eigenvalue weighted by Crippen LogP contribution is -2.58. The van der Waals surface area contributed by atoms with Crippen LogP contribution in [-0.4, -0.2) is 46.9 Å². The van der Waals surface area contributed by atoms with Gasteiger partial charge in [-0.1, -0.05) is 0 Å². The van der Waals surface area contributed by atoms with E-state index in [-0.39, 0.29) is 16.0 Å². The largest absolute Gasteiger partial charge is 0.347 e. The molecule has 4 bridgehead atoms. The second-order valence-electron chi connectivity index (χ2n) is 9.08. The molecule has 4 saturated carbocycles. The Balaban J connectivity index is 1.29. The van der Waals surface area contributed by atoms with Crippen LogP contribution >= 0.6 is 0 Å². The Morgan fingerprint density at radius 2 is 1.67 bits per heavy atom. The lowest BCUT2D eigenvalue weighted by atomic mass is 9.49. The van der Waals surface area contributed by atoms with Crippen LogP contribution in [0.5, 0.6) is 0 Å². The van der Waals surface area contributed by atoms with Crippen molar-refractivity contribution in [1.82, 2.24) is 9.88 Å². The first-order valence-corrected chi connectivity index (χ1v) is 10.2. The minimum atomic E-state index is -0.380.